The third kappa shape index (κ3) is 4.90. The van der Waals surface area contributed by atoms with Crippen LogP contribution in [-0.2, 0) is 11.3 Å². The summed E-state index contributed by atoms with van der Waals surface area (Å²) in [5, 5.41) is 6.15. The zero-order valence-corrected chi connectivity index (χ0v) is 14.5. The molecule has 1 saturated heterocycles. The Morgan fingerprint density at radius 3 is 2.84 bits per heavy atom. The van der Waals surface area contributed by atoms with Crippen molar-refractivity contribution in [2.45, 2.75) is 25.9 Å². The Morgan fingerprint density at radius 1 is 1.32 bits per heavy atom. The third-order valence-electron chi connectivity index (χ3n) is 4.13. The lowest BCUT2D eigenvalue weighted by Gasteiger charge is -2.17. The summed E-state index contributed by atoms with van der Waals surface area (Å²) in [7, 11) is 1.60. The second-order valence-corrected chi connectivity index (χ2v) is 6.17. The van der Waals surface area contributed by atoms with Crippen molar-refractivity contribution in [3.8, 4) is 5.88 Å². The van der Waals surface area contributed by atoms with E-state index in [9.17, 15) is 4.79 Å². The molecular formula is C18H23N5O2. The average Bonchev–Trinajstić information content (AvgIpc) is 3.03. The number of nitrogens with one attached hydrogen (secondary N) is 2. The molecule has 0 radical (unpaired) electrons. The van der Waals surface area contributed by atoms with Gasteiger partial charge >= 0.3 is 0 Å². The predicted molar refractivity (Wildman–Crippen MR) is 96.6 cm³/mol. The first-order chi connectivity index (χ1) is 12.1. The number of carbonyl (C=O) groups is 1. The first-order valence-electron chi connectivity index (χ1n) is 8.35. The molecule has 25 heavy (non-hydrogen) atoms. The summed E-state index contributed by atoms with van der Waals surface area (Å²) in [6, 6.07) is 10.0. The van der Waals surface area contributed by atoms with Crippen molar-refractivity contribution in [1.82, 2.24) is 14.9 Å². The zero-order valence-electron chi connectivity index (χ0n) is 14.5. The van der Waals surface area contributed by atoms with E-state index in [4.69, 9.17) is 4.74 Å². The number of hydrogen-bond donors (Lipinski definition) is 2. The molecule has 3 rings (SSSR count). The highest BCUT2D eigenvalue weighted by atomic mass is 16.5. The van der Waals surface area contributed by atoms with E-state index >= 15 is 0 Å². The summed E-state index contributed by atoms with van der Waals surface area (Å²) in [5.74, 6) is 1.11. The van der Waals surface area contributed by atoms with Gasteiger partial charge in [-0.1, -0.05) is 12.1 Å². The van der Waals surface area contributed by atoms with Gasteiger partial charge < -0.3 is 15.4 Å². The monoisotopic (exact) mass is 341 g/mol. The Bertz CT molecular complexity index is 720. The van der Waals surface area contributed by atoms with E-state index in [1.54, 1.807) is 19.4 Å². The van der Waals surface area contributed by atoms with Crippen LogP contribution in [0, 0.1) is 0 Å². The van der Waals surface area contributed by atoms with Crippen molar-refractivity contribution in [3.63, 3.8) is 0 Å². The summed E-state index contributed by atoms with van der Waals surface area (Å²) in [5.41, 5.74) is 2.06. The van der Waals surface area contributed by atoms with Crippen LogP contribution in [-0.4, -0.2) is 47.0 Å². The summed E-state index contributed by atoms with van der Waals surface area (Å²) < 4.78 is 5.13. The normalized spacial score (nSPS) is 17.3. The van der Waals surface area contributed by atoms with Gasteiger partial charge in [0, 0.05) is 50.6 Å². The highest BCUT2D eigenvalue weighted by molar-refractivity contribution is 5.88. The van der Waals surface area contributed by atoms with Crippen molar-refractivity contribution < 1.29 is 9.53 Å². The quantitative estimate of drug-likeness (QED) is 0.838. The van der Waals surface area contributed by atoms with E-state index in [-0.39, 0.29) is 5.91 Å². The molecule has 1 unspecified atom stereocenters. The molecule has 2 aromatic rings. The van der Waals surface area contributed by atoms with Gasteiger partial charge in [-0.05, 0) is 24.1 Å². The second-order valence-electron chi connectivity index (χ2n) is 6.17. The van der Waals surface area contributed by atoms with Gasteiger partial charge in [0.15, 0.2) is 0 Å². The van der Waals surface area contributed by atoms with Crippen molar-refractivity contribution in [1.29, 1.82) is 0 Å². The zero-order chi connectivity index (χ0) is 17.6. The molecule has 0 bridgehead atoms. The minimum atomic E-state index is -0.0547. The topological polar surface area (TPSA) is 79.4 Å². The van der Waals surface area contributed by atoms with Crippen LogP contribution in [0.2, 0.25) is 0 Å². The van der Waals surface area contributed by atoms with Crippen molar-refractivity contribution >= 4 is 17.5 Å². The van der Waals surface area contributed by atoms with Gasteiger partial charge in [0.05, 0.1) is 7.11 Å². The van der Waals surface area contributed by atoms with Gasteiger partial charge in [-0.2, -0.15) is 4.98 Å². The van der Waals surface area contributed by atoms with Gasteiger partial charge in [-0.15, -0.1) is 0 Å². The molecule has 0 aliphatic carbocycles. The minimum absolute atomic E-state index is 0.0547. The van der Waals surface area contributed by atoms with Crippen LogP contribution in [0.4, 0.5) is 11.6 Å². The highest BCUT2D eigenvalue weighted by Gasteiger charge is 2.23. The average molecular weight is 341 g/mol. The number of anilines is 2. The fourth-order valence-corrected chi connectivity index (χ4v) is 2.96. The van der Waals surface area contributed by atoms with Crippen molar-refractivity contribution in [2.24, 2.45) is 0 Å². The number of nitrogens with zero attached hydrogens (tertiary/aromatic N) is 3. The molecule has 0 spiro atoms. The minimum Gasteiger partial charge on any atom is -0.481 e. The molecule has 1 aromatic carbocycles. The lowest BCUT2D eigenvalue weighted by atomic mass is 10.2. The van der Waals surface area contributed by atoms with E-state index < -0.39 is 0 Å². The fraction of sp³-hybridized carbons (Fsp3) is 0.389. The maximum absolute atomic E-state index is 11.1. The molecule has 2 N–H and O–H groups in total. The molecule has 0 saturated carbocycles. The second kappa shape index (κ2) is 7.94. The van der Waals surface area contributed by atoms with Gasteiger partial charge in [0.25, 0.3) is 0 Å². The van der Waals surface area contributed by atoms with Crippen molar-refractivity contribution in [2.75, 3.05) is 30.8 Å². The maximum atomic E-state index is 11.1. The van der Waals surface area contributed by atoms with E-state index in [1.807, 2.05) is 12.1 Å². The number of ether oxygens (including phenoxy) is 1. The standard InChI is InChI=1S/C18H23N5O2/c1-13(24)20-15-5-3-14(4-6-15)11-23-10-8-16(12-23)21-18-19-9-7-17(22-18)25-2/h3-7,9,16H,8,10-12H2,1-2H3,(H,20,24)(H,19,21,22). The van der Waals surface area contributed by atoms with Crippen LogP contribution in [0.15, 0.2) is 36.5 Å². The Kier molecular flexibility index (Phi) is 5.45. The van der Waals surface area contributed by atoms with Crippen LogP contribution < -0.4 is 15.4 Å². The lowest BCUT2D eigenvalue weighted by molar-refractivity contribution is -0.114. The van der Waals surface area contributed by atoms with Crippen LogP contribution in [0.25, 0.3) is 0 Å². The Hall–Kier alpha value is -2.67. The number of benzene rings is 1. The first-order valence-corrected chi connectivity index (χ1v) is 8.35. The van der Waals surface area contributed by atoms with Crippen LogP contribution in [0.5, 0.6) is 5.88 Å². The lowest BCUT2D eigenvalue weighted by Crippen LogP contribution is -2.26. The third-order valence-corrected chi connectivity index (χ3v) is 4.13. The molecular weight excluding hydrogens is 318 g/mol. The molecule has 7 nitrogen and oxygen atoms in total. The molecule has 1 aliphatic rings. The van der Waals surface area contributed by atoms with Gasteiger partial charge in [0.2, 0.25) is 17.7 Å². The van der Waals surface area contributed by atoms with Gasteiger partial charge in [-0.3, -0.25) is 9.69 Å². The molecule has 1 amide bonds. The van der Waals surface area contributed by atoms with Gasteiger partial charge in [0.1, 0.15) is 0 Å². The number of carbonyl (C=O) groups excluding carboxylic acids is 1. The summed E-state index contributed by atoms with van der Waals surface area (Å²) in [4.78, 5) is 22.0. The largest absolute Gasteiger partial charge is 0.481 e. The maximum Gasteiger partial charge on any atom is 0.226 e. The number of hydrogen-bond acceptors (Lipinski definition) is 6. The number of aromatic nitrogens is 2. The number of amides is 1. The molecule has 7 heteroatoms. The molecule has 1 aromatic heterocycles. The number of methoxy groups -OCH3 is 1. The molecule has 2 heterocycles. The SMILES string of the molecule is COc1ccnc(NC2CCN(Cc3ccc(NC(C)=O)cc3)C2)n1. The number of rotatable bonds is 6. The molecule has 1 fully saturated rings. The van der Waals surface area contributed by atoms with Gasteiger partial charge in [-0.25, -0.2) is 4.98 Å². The summed E-state index contributed by atoms with van der Waals surface area (Å²) in [6.07, 6.45) is 2.74. The van der Waals surface area contributed by atoms with E-state index in [1.165, 1.54) is 12.5 Å². The summed E-state index contributed by atoms with van der Waals surface area (Å²) in [6.45, 7) is 4.36. The molecule has 1 atom stereocenters. The van der Waals surface area contributed by atoms with E-state index in [2.05, 4.69) is 37.6 Å². The molecule has 1 aliphatic heterocycles. The predicted octanol–water partition coefficient (Wildman–Crippen LogP) is 2.13. The van der Waals surface area contributed by atoms with E-state index in [0.29, 0.717) is 17.9 Å². The Morgan fingerprint density at radius 2 is 2.12 bits per heavy atom. The Balaban J connectivity index is 1.51. The smallest absolute Gasteiger partial charge is 0.226 e. The first kappa shape index (κ1) is 17.2. The highest BCUT2D eigenvalue weighted by Crippen LogP contribution is 2.18. The van der Waals surface area contributed by atoms with Crippen LogP contribution in [0.1, 0.15) is 18.9 Å². The van der Waals surface area contributed by atoms with E-state index in [0.717, 1.165) is 31.7 Å². The fourth-order valence-electron chi connectivity index (χ4n) is 2.96. The van der Waals surface area contributed by atoms with Crippen LogP contribution >= 0.6 is 0 Å². The van der Waals surface area contributed by atoms with Crippen LogP contribution in [0.3, 0.4) is 0 Å². The molecule has 132 valence electrons. The van der Waals surface area contributed by atoms with Crippen molar-refractivity contribution in [3.05, 3.63) is 42.1 Å². The summed E-state index contributed by atoms with van der Waals surface area (Å²) >= 11 is 0. The Labute approximate surface area is 147 Å². The number of likely N-dealkylation sites (tertiary alicyclic amines) is 1.